The Balaban J connectivity index is 3.32. The van der Waals surface area contributed by atoms with Crippen LogP contribution in [0.25, 0.3) is 0 Å². The number of aliphatic carboxylic acids is 1. The molecule has 0 saturated carbocycles. The summed E-state index contributed by atoms with van der Waals surface area (Å²) >= 11 is 0. The van der Waals surface area contributed by atoms with Gasteiger partial charge in [0.2, 0.25) is 0 Å². The van der Waals surface area contributed by atoms with Gasteiger partial charge in [0.15, 0.2) is 0 Å². The standard InChI is InChI=1S/C11H13FO2/c1-6-4-5-9(12)7(2)10(6)8(3)11(13)14/h4-5,8H,1-3H3,(H,13,14). The molecule has 2 nitrogen and oxygen atoms in total. The van der Waals surface area contributed by atoms with E-state index < -0.39 is 11.9 Å². The van der Waals surface area contributed by atoms with Gasteiger partial charge in [-0.05, 0) is 43.5 Å². The van der Waals surface area contributed by atoms with Gasteiger partial charge < -0.3 is 5.11 Å². The molecule has 76 valence electrons. The first kappa shape index (κ1) is 10.7. The highest BCUT2D eigenvalue weighted by Gasteiger charge is 2.19. The van der Waals surface area contributed by atoms with E-state index in [1.807, 2.05) is 0 Å². The number of hydrogen-bond acceptors (Lipinski definition) is 1. The molecule has 1 aromatic carbocycles. The average molecular weight is 196 g/mol. The molecule has 14 heavy (non-hydrogen) atoms. The number of carboxylic acid groups (broad SMARTS) is 1. The van der Waals surface area contributed by atoms with Crippen LogP contribution in [-0.4, -0.2) is 11.1 Å². The predicted octanol–water partition coefficient (Wildman–Crippen LogP) is 2.63. The van der Waals surface area contributed by atoms with Crippen LogP contribution in [0.1, 0.15) is 29.5 Å². The lowest BCUT2D eigenvalue weighted by molar-refractivity contribution is -0.138. The fraction of sp³-hybridized carbons (Fsp3) is 0.364. The summed E-state index contributed by atoms with van der Waals surface area (Å²) in [6.45, 7) is 4.97. The molecule has 1 aromatic rings. The van der Waals surface area contributed by atoms with Crippen LogP contribution < -0.4 is 0 Å². The van der Waals surface area contributed by atoms with Crippen LogP contribution in [0, 0.1) is 19.7 Å². The molecular formula is C11H13FO2. The van der Waals surface area contributed by atoms with Crippen molar-refractivity contribution in [2.45, 2.75) is 26.7 Å². The lowest BCUT2D eigenvalue weighted by Gasteiger charge is -2.14. The summed E-state index contributed by atoms with van der Waals surface area (Å²) in [5.74, 6) is -1.94. The monoisotopic (exact) mass is 196 g/mol. The normalized spacial score (nSPS) is 12.6. The Morgan fingerprint density at radius 1 is 1.43 bits per heavy atom. The second-order valence-corrected chi connectivity index (χ2v) is 3.46. The largest absolute Gasteiger partial charge is 0.481 e. The minimum atomic E-state index is -0.929. The summed E-state index contributed by atoms with van der Waals surface area (Å²) in [4.78, 5) is 10.8. The van der Waals surface area contributed by atoms with Crippen molar-refractivity contribution >= 4 is 5.97 Å². The molecule has 0 amide bonds. The van der Waals surface area contributed by atoms with Crippen molar-refractivity contribution < 1.29 is 14.3 Å². The molecular weight excluding hydrogens is 183 g/mol. The average Bonchev–Trinajstić information content (AvgIpc) is 2.12. The van der Waals surface area contributed by atoms with Crippen molar-refractivity contribution in [1.82, 2.24) is 0 Å². The number of carbonyl (C=O) groups is 1. The van der Waals surface area contributed by atoms with Crippen molar-refractivity contribution in [3.8, 4) is 0 Å². The van der Waals surface area contributed by atoms with Gasteiger partial charge in [-0.25, -0.2) is 4.39 Å². The van der Waals surface area contributed by atoms with E-state index in [1.165, 1.54) is 6.07 Å². The minimum Gasteiger partial charge on any atom is -0.481 e. The number of benzene rings is 1. The van der Waals surface area contributed by atoms with Gasteiger partial charge in [-0.3, -0.25) is 4.79 Å². The van der Waals surface area contributed by atoms with E-state index in [9.17, 15) is 9.18 Å². The Bertz CT molecular complexity index is 372. The molecule has 0 radical (unpaired) electrons. The summed E-state index contributed by atoms with van der Waals surface area (Å²) in [5, 5.41) is 8.85. The third-order valence-electron chi connectivity index (χ3n) is 2.47. The number of aryl methyl sites for hydroxylation is 1. The molecule has 3 heteroatoms. The van der Waals surface area contributed by atoms with E-state index in [0.29, 0.717) is 11.1 Å². The highest BCUT2D eigenvalue weighted by Crippen LogP contribution is 2.25. The summed E-state index contributed by atoms with van der Waals surface area (Å²) in [6, 6.07) is 2.97. The fourth-order valence-electron chi connectivity index (χ4n) is 1.63. The van der Waals surface area contributed by atoms with E-state index in [2.05, 4.69) is 0 Å². The van der Waals surface area contributed by atoms with Crippen LogP contribution in [0.2, 0.25) is 0 Å². The van der Waals surface area contributed by atoms with Crippen LogP contribution in [0.15, 0.2) is 12.1 Å². The molecule has 1 N–H and O–H groups in total. The molecule has 0 aliphatic rings. The van der Waals surface area contributed by atoms with Crippen molar-refractivity contribution in [1.29, 1.82) is 0 Å². The van der Waals surface area contributed by atoms with E-state index in [4.69, 9.17) is 5.11 Å². The molecule has 1 rings (SSSR count). The zero-order valence-electron chi connectivity index (χ0n) is 8.47. The Morgan fingerprint density at radius 2 is 2.00 bits per heavy atom. The Kier molecular flexibility index (Phi) is 2.89. The lowest BCUT2D eigenvalue weighted by atomic mass is 9.92. The molecule has 0 saturated heterocycles. The van der Waals surface area contributed by atoms with Gasteiger partial charge in [-0.2, -0.15) is 0 Å². The van der Waals surface area contributed by atoms with E-state index >= 15 is 0 Å². The number of rotatable bonds is 2. The van der Waals surface area contributed by atoms with E-state index in [1.54, 1.807) is 26.8 Å². The van der Waals surface area contributed by atoms with Gasteiger partial charge in [0.25, 0.3) is 0 Å². The van der Waals surface area contributed by atoms with Gasteiger partial charge in [0, 0.05) is 0 Å². The third-order valence-corrected chi connectivity index (χ3v) is 2.47. The SMILES string of the molecule is Cc1ccc(F)c(C)c1C(C)C(=O)O. The zero-order chi connectivity index (χ0) is 10.9. The topological polar surface area (TPSA) is 37.3 Å². The number of carboxylic acids is 1. The molecule has 0 aliphatic heterocycles. The van der Waals surface area contributed by atoms with Gasteiger partial charge in [-0.15, -0.1) is 0 Å². The second kappa shape index (κ2) is 3.78. The maximum absolute atomic E-state index is 13.2. The summed E-state index contributed by atoms with van der Waals surface area (Å²) < 4.78 is 13.2. The second-order valence-electron chi connectivity index (χ2n) is 3.46. The maximum atomic E-state index is 13.2. The third kappa shape index (κ3) is 1.76. The van der Waals surface area contributed by atoms with Crippen LogP contribution in [-0.2, 0) is 4.79 Å². The van der Waals surface area contributed by atoms with Crippen molar-refractivity contribution in [2.75, 3.05) is 0 Å². The number of hydrogen-bond donors (Lipinski definition) is 1. The first-order valence-corrected chi connectivity index (χ1v) is 4.43. The van der Waals surface area contributed by atoms with Gasteiger partial charge in [0.05, 0.1) is 5.92 Å². The van der Waals surface area contributed by atoms with E-state index in [0.717, 1.165) is 5.56 Å². The Labute approximate surface area is 82.4 Å². The van der Waals surface area contributed by atoms with Crippen molar-refractivity contribution in [3.05, 3.63) is 34.6 Å². The van der Waals surface area contributed by atoms with Crippen LogP contribution in [0.5, 0.6) is 0 Å². The molecule has 0 aromatic heterocycles. The van der Waals surface area contributed by atoms with Crippen LogP contribution >= 0.6 is 0 Å². The molecule has 0 bridgehead atoms. The molecule has 1 atom stereocenters. The van der Waals surface area contributed by atoms with Gasteiger partial charge in [-0.1, -0.05) is 6.07 Å². The fourth-order valence-corrected chi connectivity index (χ4v) is 1.63. The quantitative estimate of drug-likeness (QED) is 0.789. The Morgan fingerprint density at radius 3 is 2.50 bits per heavy atom. The molecule has 0 heterocycles. The van der Waals surface area contributed by atoms with Crippen molar-refractivity contribution in [2.24, 2.45) is 0 Å². The Hall–Kier alpha value is -1.38. The molecule has 1 unspecified atom stereocenters. The molecule has 0 fully saturated rings. The maximum Gasteiger partial charge on any atom is 0.310 e. The number of halogens is 1. The summed E-state index contributed by atoms with van der Waals surface area (Å²) in [5.41, 5.74) is 1.83. The highest BCUT2D eigenvalue weighted by molar-refractivity contribution is 5.76. The van der Waals surface area contributed by atoms with Gasteiger partial charge in [0.1, 0.15) is 5.82 Å². The summed E-state index contributed by atoms with van der Waals surface area (Å²) in [7, 11) is 0. The smallest absolute Gasteiger partial charge is 0.310 e. The van der Waals surface area contributed by atoms with E-state index in [-0.39, 0.29) is 5.82 Å². The first-order valence-electron chi connectivity index (χ1n) is 4.43. The van der Waals surface area contributed by atoms with Crippen molar-refractivity contribution in [3.63, 3.8) is 0 Å². The first-order chi connectivity index (χ1) is 6.45. The van der Waals surface area contributed by atoms with Crippen LogP contribution in [0.3, 0.4) is 0 Å². The minimum absolute atomic E-state index is 0.348. The van der Waals surface area contributed by atoms with Gasteiger partial charge >= 0.3 is 5.97 Å². The molecule has 0 spiro atoms. The van der Waals surface area contributed by atoms with Crippen LogP contribution in [0.4, 0.5) is 4.39 Å². The predicted molar refractivity (Wildman–Crippen MR) is 51.9 cm³/mol. The lowest BCUT2D eigenvalue weighted by Crippen LogP contribution is -2.11. The highest BCUT2D eigenvalue weighted by atomic mass is 19.1. The zero-order valence-corrected chi connectivity index (χ0v) is 8.47. The summed E-state index contributed by atoms with van der Waals surface area (Å²) in [6.07, 6.45) is 0. The molecule has 0 aliphatic carbocycles.